The number of hydrogen-bond acceptors (Lipinski definition) is 14. The summed E-state index contributed by atoms with van der Waals surface area (Å²) in [6.07, 6.45) is 12.4. The van der Waals surface area contributed by atoms with Crippen molar-refractivity contribution in [2.45, 2.75) is 175 Å². The molecule has 0 saturated carbocycles. The average molecular weight is 938 g/mol. The molecule has 0 saturated heterocycles. The highest BCUT2D eigenvalue weighted by molar-refractivity contribution is 5.82. The fourth-order valence-corrected chi connectivity index (χ4v) is 8.78. The van der Waals surface area contributed by atoms with E-state index in [-0.39, 0.29) is 55.5 Å². The predicted molar refractivity (Wildman–Crippen MR) is 258 cm³/mol. The molecule has 0 radical (unpaired) electrons. The van der Waals surface area contributed by atoms with Gasteiger partial charge in [-0.15, -0.1) is 0 Å². The Bertz CT molecular complexity index is 1500. The molecule has 14 heteroatoms. The van der Waals surface area contributed by atoms with Crippen LogP contribution in [0.15, 0.2) is 48.1 Å². The number of methoxy groups -OCH3 is 3. The maximum Gasteiger partial charge on any atom is 0.331 e. The average Bonchev–Trinajstić information content (AvgIpc) is 3.27. The number of esters is 3. The number of cyclic esters (lactones) is 1. The molecule has 0 fully saturated rings. The van der Waals surface area contributed by atoms with E-state index in [0.717, 1.165) is 18.4 Å². The molecule has 0 aromatic rings. The van der Waals surface area contributed by atoms with E-state index >= 15 is 0 Å². The summed E-state index contributed by atoms with van der Waals surface area (Å²) in [5.74, 6) is -3.16. The molecule has 0 amide bonds. The zero-order chi connectivity index (χ0) is 50.1. The van der Waals surface area contributed by atoms with E-state index in [2.05, 4.69) is 19.9 Å². The third kappa shape index (κ3) is 22.0. The smallest absolute Gasteiger partial charge is 0.331 e. The van der Waals surface area contributed by atoms with Crippen molar-refractivity contribution in [1.82, 2.24) is 4.90 Å². The van der Waals surface area contributed by atoms with Crippen LogP contribution in [0, 0.1) is 41.4 Å². The monoisotopic (exact) mass is 938 g/mol. The summed E-state index contributed by atoms with van der Waals surface area (Å²) in [5, 5.41) is 44.0. The van der Waals surface area contributed by atoms with Crippen molar-refractivity contribution in [1.29, 1.82) is 0 Å². The SMILES string of the molecule is COCC(C(=O)OC1C/C=C/C=C/C(=O)O[C@H]([C@@H](C)[C@@H](O)[C@@H](C)CC[C@@H](O)[C@H](C)[C@H](OC(C)=O)[C@H](C)CCO)C/C=C/[C@H](OC)C[C@H](C)C/C=C(\C)[C@@H](OC)CC[C@@H](C)[C@@H](O)[C@@H]1C)N(C)C. The molecular weight excluding hydrogens is 847 g/mol. The summed E-state index contributed by atoms with van der Waals surface area (Å²) in [5.41, 5.74) is 1.12. The van der Waals surface area contributed by atoms with Crippen LogP contribution in [0.2, 0.25) is 0 Å². The van der Waals surface area contributed by atoms with Gasteiger partial charge in [-0.3, -0.25) is 14.5 Å². The Morgan fingerprint density at radius 3 is 2.18 bits per heavy atom. The highest BCUT2D eigenvalue weighted by Gasteiger charge is 2.35. The van der Waals surface area contributed by atoms with Crippen molar-refractivity contribution in [2.75, 3.05) is 48.6 Å². The summed E-state index contributed by atoms with van der Waals surface area (Å²) in [7, 11) is 8.46. The molecule has 382 valence electrons. The normalized spacial score (nSPS) is 30.7. The molecule has 2 unspecified atom stereocenters. The fourth-order valence-electron chi connectivity index (χ4n) is 8.78. The number of ether oxygens (including phenoxy) is 6. The van der Waals surface area contributed by atoms with Gasteiger partial charge in [-0.2, -0.15) is 0 Å². The van der Waals surface area contributed by atoms with E-state index in [9.17, 15) is 34.8 Å². The quantitative estimate of drug-likeness (QED) is 0.0588. The lowest BCUT2D eigenvalue weighted by Crippen LogP contribution is -2.44. The zero-order valence-corrected chi connectivity index (χ0v) is 43.0. The summed E-state index contributed by atoms with van der Waals surface area (Å²) in [4.78, 5) is 40.5. The van der Waals surface area contributed by atoms with Gasteiger partial charge in [0.2, 0.25) is 0 Å². The molecule has 1 rings (SSSR count). The predicted octanol–water partition coefficient (Wildman–Crippen LogP) is 7.02. The van der Waals surface area contributed by atoms with Crippen LogP contribution in [-0.4, -0.2) is 147 Å². The minimum Gasteiger partial charge on any atom is -0.462 e. The van der Waals surface area contributed by atoms with Gasteiger partial charge in [0.05, 0.1) is 37.1 Å². The first-order valence-electron chi connectivity index (χ1n) is 24.2. The summed E-state index contributed by atoms with van der Waals surface area (Å²) < 4.78 is 34.8. The Morgan fingerprint density at radius 2 is 1.59 bits per heavy atom. The lowest BCUT2D eigenvalue weighted by atomic mass is 9.82. The maximum absolute atomic E-state index is 13.4. The van der Waals surface area contributed by atoms with E-state index in [1.807, 2.05) is 53.7 Å². The fraction of sp³-hybridized carbons (Fsp3) is 0.788. The molecule has 66 heavy (non-hydrogen) atoms. The Labute approximate surface area is 398 Å². The van der Waals surface area contributed by atoms with E-state index in [1.54, 1.807) is 51.4 Å². The lowest BCUT2D eigenvalue weighted by molar-refractivity contribution is -0.162. The summed E-state index contributed by atoms with van der Waals surface area (Å²) in [6.45, 7) is 17.0. The Kier molecular flexibility index (Phi) is 30.3. The second kappa shape index (κ2) is 32.7. The first-order chi connectivity index (χ1) is 31.1. The van der Waals surface area contributed by atoms with Gasteiger partial charge in [-0.1, -0.05) is 84.9 Å². The largest absolute Gasteiger partial charge is 0.462 e. The van der Waals surface area contributed by atoms with E-state index < -0.39 is 78.3 Å². The molecule has 0 aromatic heterocycles. The molecule has 0 bridgehead atoms. The third-order valence-electron chi connectivity index (χ3n) is 13.7. The van der Waals surface area contributed by atoms with Crippen molar-refractivity contribution in [3.8, 4) is 0 Å². The number of aliphatic hydroxyl groups is 4. The van der Waals surface area contributed by atoms with Gasteiger partial charge in [-0.05, 0) is 95.2 Å². The molecule has 4 N–H and O–H groups in total. The molecule has 1 aliphatic heterocycles. The van der Waals surface area contributed by atoms with Crippen molar-refractivity contribution in [3.05, 3.63) is 48.1 Å². The number of carbonyl (C=O) groups is 3. The van der Waals surface area contributed by atoms with Crippen molar-refractivity contribution >= 4 is 17.9 Å². The molecule has 1 heterocycles. The van der Waals surface area contributed by atoms with Crippen LogP contribution in [0.1, 0.15) is 120 Å². The van der Waals surface area contributed by atoms with Crippen molar-refractivity contribution in [3.63, 3.8) is 0 Å². The van der Waals surface area contributed by atoms with Crippen LogP contribution >= 0.6 is 0 Å². The Hall–Kier alpha value is -2.95. The minimum absolute atomic E-state index is 0.0635. The molecule has 1 aliphatic rings. The maximum atomic E-state index is 13.4. The number of aliphatic hydroxyl groups excluding tert-OH is 4. The zero-order valence-electron chi connectivity index (χ0n) is 43.0. The van der Waals surface area contributed by atoms with E-state index in [1.165, 1.54) is 20.1 Å². The van der Waals surface area contributed by atoms with Crippen LogP contribution in [0.4, 0.5) is 0 Å². The van der Waals surface area contributed by atoms with Gasteiger partial charge in [0, 0.05) is 71.5 Å². The summed E-state index contributed by atoms with van der Waals surface area (Å²) >= 11 is 0. The van der Waals surface area contributed by atoms with Crippen LogP contribution in [0.25, 0.3) is 0 Å². The molecule has 0 spiro atoms. The van der Waals surface area contributed by atoms with Gasteiger partial charge in [0.15, 0.2) is 0 Å². The molecule has 14 nitrogen and oxygen atoms in total. The van der Waals surface area contributed by atoms with Crippen LogP contribution < -0.4 is 0 Å². The third-order valence-corrected chi connectivity index (χ3v) is 13.7. The lowest BCUT2D eigenvalue weighted by Gasteiger charge is -2.33. The highest BCUT2D eigenvalue weighted by Crippen LogP contribution is 2.30. The molecule has 0 aromatic carbocycles. The number of likely N-dealkylation sites (N-methyl/N-ethyl adjacent to an activating group) is 1. The number of carbonyl (C=O) groups excluding carboxylic acids is 3. The van der Waals surface area contributed by atoms with E-state index in [0.29, 0.717) is 38.5 Å². The Balaban J connectivity index is 3.49. The summed E-state index contributed by atoms with van der Waals surface area (Å²) in [6, 6.07) is -0.640. The highest BCUT2D eigenvalue weighted by atomic mass is 16.6. The Morgan fingerprint density at radius 1 is 0.909 bits per heavy atom. The van der Waals surface area contributed by atoms with E-state index in [4.69, 9.17) is 28.4 Å². The van der Waals surface area contributed by atoms with Crippen LogP contribution in [0.5, 0.6) is 0 Å². The van der Waals surface area contributed by atoms with Gasteiger partial charge in [-0.25, -0.2) is 4.79 Å². The second-order valence-corrected chi connectivity index (χ2v) is 19.4. The number of allylic oxidation sites excluding steroid dienone is 3. The molecule has 16 atom stereocenters. The topological polar surface area (TPSA) is 191 Å². The van der Waals surface area contributed by atoms with Crippen LogP contribution in [-0.2, 0) is 42.8 Å². The first kappa shape index (κ1) is 61.1. The standard InChI is InChI=1S/C52H91NO13/c1-33-23-24-34(2)45(63-14)28-26-36(4)50(59)40(8)47(66-52(60)43(32-61-12)53(10)11)20-16-15-17-22-48(57)65-46(21-18-19-42(31-33)62-13)39(7)49(58)35(3)25-27-44(56)38(6)51(64-41(9)55)37(5)29-30-54/h15-19,22,24,33,35-40,42-47,49-51,54,56,58-59H,20-21,23,25-32H2,1-14H3/b16-15+,19-18+,22-17+,34-24+/t33-,35+,36-,37-,38+,39-,40-,42+,43?,44-,45+,46+,47?,49+,50-,51-/m1/s1. The second-order valence-electron chi connectivity index (χ2n) is 19.4. The number of hydrogen-bond donors (Lipinski definition) is 4. The van der Waals surface area contributed by atoms with Crippen molar-refractivity contribution < 1.29 is 63.2 Å². The number of rotatable bonds is 19. The molecule has 0 aliphatic carbocycles. The van der Waals surface area contributed by atoms with Crippen molar-refractivity contribution in [2.24, 2.45) is 41.4 Å². The van der Waals surface area contributed by atoms with Crippen LogP contribution in [0.3, 0.4) is 0 Å². The van der Waals surface area contributed by atoms with Gasteiger partial charge in [0.1, 0.15) is 24.4 Å². The van der Waals surface area contributed by atoms with Gasteiger partial charge >= 0.3 is 17.9 Å². The number of nitrogens with zero attached hydrogens (tertiary/aromatic N) is 1. The van der Waals surface area contributed by atoms with Gasteiger partial charge < -0.3 is 48.8 Å². The molecular formula is C52H91NO13. The van der Waals surface area contributed by atoms with Gasteiger partial charge in [0.25, 0.3) is 0 Å². The minimum atomic E-state index is -0.896. The first-order valence-corrected chi connectivity index (χ1v) is 24.2.